The molecule has 7 heteroatoms. The molecular weight excluding hydrogens is 335 g/mol. The van der Waals surface area contributed by atoms with E-state index in [2.05, 4.69) is 29.4 Å². The maximum absolute atomic E-state index is 13.9. The Kier molecular flexibility index (Phi) is 5.06. The lowest BCUT2D eigenvalue weighted by Gasteiger charge is -2.21. The average molecular weight is 358 g/mol. The second-order valence-electron chi connectivity index (χ2n) is 7.07. The lowest BCUT2D eigenvalue weighted by molar-refractivity contribution is -0.119. The van der Waals surface area contributed by atoms with Gasteiger partial charge in [0.1, 0.15) is 11.5 Å². The average Bonchev–Trinajstić information content (AvgIpc) is 3.21. The largest absolute Gasteiger partial charge is 0.351 e. The number of carbonyl (C=O) groups excluding carboxylic acids is 2. The Morgan fingerprint density at radius 1 is 1.31 bits per heavy atom. The Morgan fingerprint density at radius 2 is 2.04 bits per heavy atom. The lowest BCUT2D eigenvalue weighted by atomic mass is 9.91. The molecule has 26 heavy (non-hydrogen) atoms. The van der Waals surface area contributed by atoms with Crippen molar-refractivity contribution < 1.29 is 14.0 Å². The van der Waals surface area contributed by atoms with E-state index >= 15 is 0 Å². The molecule has 1 aromatic heterocycles. The summed E-state index contributed by atoms with van der Waals surface area (Å²) >= 11 is 0. The van der Waals surface area contributed by atoms with E-state index in [0.717, 1.165) is 0 Å². The van der Waals surface area contributed by atoms with Crippen molar-refractivity contribution in [1.29, 1.82) is 0 Å². The molecule has 3 rings (SSSR count). The number of hydrogen-bond donors (Lipinski definition) is 2. The first kappa shape index (κ1) is 18.1. The third-order valence-electron chi connectivity index (χ3n) is 4.86. The molecular formula is C19H23FN4O2. The number of hydrogen-bond acceptors (Lipinski definition) is 3. The number of carbonyl (C=O) groups is 2. The summed E-state index contributed by atoms with van der Waals surface area (Å²) in [5.41, 5.74) is 1.05. The van der Waals surface area contributed by atoms with Gasteiger partial charge in [-0.1, -0.05) is 26.0 Å². The molecule has 1 aromatic carbocycles. The molecule has 1 saturated heterocycles. The molecule has 2 atom stereocenters. The fourth-order valence-electron chi connectivity index (χ4n) is 3.49. The number of nitrogens with one attached hydrogen (secondary N) is 2. The maximum atomic E-state index is 13.9. The highest BCUT2D eigenvalue weighted by Crippen LogP contribution is 2.27. The van der Waals surface area contributed by atoms with Gasteiger partial charge in [-0.05, 0) is 24.1 Å². The van der Waals surface area contributed by atoms with Crippen molar-refractivity contribution in [2.75, 3.05) is 13.1 Å². The van der Waals surface area contributed by atoms with Gasteiger partial charge in [0.25, 0.3) is 5.91 Å². The standard InChI is InChI=1S/C19H23FN4O2/c1-11(2)14-9-24(10-18(14)21-12(3)25)19(26)17-8-16(22-23-17)13-6-4-5-7-15(13)20/h4-8,11,14,18H,9-10H2,1-3H3,(H,21,25)(H,22,23). The van der Waals surface area contributed by atoms with Gasteiger partial charge in [-0.3, -0.25) is 14.7 Å². The van der Waals surface area contributed by atoms with Crippen molar-refractivity contribution in [2.45, 2.75) is 26.8 Å². The van der Waals surface area contributed by atoms with E-state index in [0.29, 0.717) is 36.0 Å². The Balaban J connectivity index is 1.78. The summed E-state index contributed by atoms with van der Waals surface area (Å²) in [6, 6.07) is 7.81. The zero-order valence-electron chi connectivity index (χ0n) is 15.1. The third kappa shape index (κ3) is 3.61. The summed E-state index contributed by atoms with van der Waals surface area (Å²) in [6.07, 6.45) is 0. The molecule has 1 aliphatic heterocycles. The van der Waals surface area contributed by atoms with Crippen LogP contribution in [0.4, 0.5) is 4.39 Å². The number of rotatable bonds is 4. The van der Waals surface area contributed by atoms with Crippen LogP contribution < -0.4 is 5.32 Å². The molecule has 1 aliphatic rings. The predicted molar refractivity (Wildman–Crippen MR) is 95.8 cm³/mol. The van der Waals surface area contributed by atoms with E-state index in [1.807, 2.05) is 0 Å². The van der Waals surface area contributed by atoms with E-state index in [1.165, 1.54) is 13.0 Å². The van der Waals surface area contributed by atoms with Gasteiger partial charge in [0, 0.05) is 31.5 Å². The van der Waals surface area contributed by atoms with Crippen molar-refractivity contribution in [3.63, 3.8) is 0 Å². The summed E-state index contributed by atoms with van der Waals surface area (Å²) in [4.78, 5) is 26.0. The van der Waals surface area contributed by atoms with Crippen LogP contribution in [0.15, 0.2) is 30.3 Å². The number of aromatic amines is 1. The quantitative estimate of drug-likeness (QED) is 0.881. The van der Waals surface area contributed by atoms with Crippen molar-refractivity contribution in [2.24, 2.45) is 11.8 Å². The molecule has 0 spiro atoms. The van der Waals surface area contributed by atoms with Gasteiger partial charge in [0.2, 0.25) is 5.91 Å². The fraction of sp³-hybridized carbons (Fsp3) is 0.421. The van der Waals surface area contributed by atoms with E-state index in [9.17, 15) is 14.0 Å². The van der Waals surface area contributed by atoms with Crippen LogP contribution in [0.3, 0.4) is 0 Å². The van der Waals surface area contributed by atoms with Crippen LogP contribution in [-0.4, -0.2) is 46.0 Å². The maximum Gasteiger partial charge on any atom is 0.271 e. The van der Waals surface area contributed by atoms with Gasteiger partial charge in [0.05, 0.1) is 11.7 Å². The van der Waals surface area contributed by atoms with E-state index in [4.69, 9.17) is 0 Å². The Bertz CT molecular complexity index is 817. The highest BCUT2D eigenvalue weighted by Gasteiger charge is 2.38. The van der Waals surface area contributed by atoms with Crippen LogP contribution in [-0.2, 0) is 4.79 Å². The highest BCUT2D eigenvalue weighted by atomic mass is 19.1. The van der Waals surface area contributed by atoms with Crippen LogP contribution in [0.1, 0.15) is 31.3 Å². The monoisotopic (exact) mass is 358 g/mol. The molecule has 2 N–H and O–H groups in total. The molecule has 2 amide bonds. The minimum absolute atomic E-state index is 0.0644. The van der Waals surface area contributed by atoms with Gasteiger partial charge in [-0.15, -0.1) is 0 Å². The second-order valence-corrected chi connectivity index (χ2v) is 7.07. The van der Waals surface area contributed by atoms with Crippen molar-refractivity contribution in [1.82, 2.24) is 20.4 Å². The topological polar surface area (TPSA) is 78.1 Å². The van der Waals surface area contributed by atoms with Crippen molar-refractivity contribution in [3.05, 3.63) is 41.8 Å². The molecule has 138 valence electrons. The molecule has 0 bridgehead atoms. The number of H-pyrrole nitrogens is 1. The molecule has 0 aliphatic carbocycles. The molecule has 2 unspecified atom stereocenters. The SMILES string of the molecule is CC(=O)NC1CN(C(=O)c2cc(-c3ccccc3F)n[nH]2)CC1C(C)C. The number of amides is 2. The van der Waals surface area contributed by atoms with Crippen LogP contribution in [0, 0.1) is 17.7 Å². The highest BCUT2D eigenvalue weighted by molar-refractivity contribution is 5.93. The van der Waals surface area contributed by atoms with Gasteiger partial charge < -0.3 is 10.2 Å². The number of likely N-dealkylation sites (tertiary alicyclic amines) is 1. The summed E-state index contributed by atoms with van der Waals surface area (Å²) < 4.78 is 13.9. The predicted octanol–water partition coefficient (Wildman–Crippen LogP) is 2.45. The van der Waals surface area contributed by atoms with Gasteiger partial charge >= 0.3 is 0 Å². The van der Waals surface area contributed by atoms with Gasteiger partial charge in [0.15, 0.2) is 0 Å². The first-order valence-corrected chi connectivity index (χ1v) is 8.73. The van der Waals surface area contributed by atoms with E-state index in [-0.39, 0.29) is 29.6 Å². The van der Waals surface area contributed by atoms with Crippen LogP contribution in [0.2, 0.25) is 0 Å². The zero-order chi connectivity index (χ0) is 18.8. The van der Waals surface area contributed by atoms with Crippen LogP contribution >= 0.6 is 0 Å². The first-order chi connectivity index (χ1) is 12.4. The minimum Gasteiger partial charge on any atom is -0.351 e. The Labute approximate surface area is 151 Å². The van der Waals surface area contributed by atoms with Crippen molar-refractivity contribution >= 4 is 11.8 Å². The van der Waals surface area contributed by atoms with Crippen molar-refractivity contribution in [3.8, 4) is 11.3 Å². The second kappa shape index (κ2) is 7.27. The smallest absolute Gasteiger partial charge is 0.271 e. The molecule has 6 nitrogen and oxygen atoms in total. The number of halogens is 1. The van der Waals surface area contributed by atoms with E-state index < -0.39 is 0 Å². The first-order valence-electron chi connectivity index (χ1n) is 8.73. The molecule has 0 saturated carbocycles. The summed E-state index contributed by atoms with van der Waals surface area (Å²) in [5.74, 6) is -0.154. The van der Waals surface area contributed by atoms with Crippen LogP contribution in [0.25, 0.3) is 11.3 Å². The number of benzene rings is 1. The third-order valence-corrected chi connectivity index (χ3v) is 4.86. The lowest BCUT2D eigenvalue weighted by Crippen LogP contribution is -2.41. The van der Waals surface area contributed by atoms with E-state index in [1.54, 1.807) is 29.2 Å². The summed E-state index contributed by atoms with van der Waals surface area (Å²) in [7, 11) is 0. The molecule has 1 fully saturated rings. The zero-order valence-corrected chi connectivity index (χ0v) is 15.1. The summed E-state index contributed by atoms with van der Waals surface area (Å²) in [5, 5.41) is 9.73. The number of aromatic nitrogens is 2. The molecule has 2 aromatic rings. The minimum atomic E-state index is -0.384. The molecule has 0 radical (unpaired) electrons. The van der Waals surface area contributed by atoms with Gasteiger partial charge in [-0.2, -0.15) is 5.10 Å². The fourth-order valence-corrected chi connectivity index (χ4v) is 3.49. The molecule has 2 heterocycles. The normalized spacial score (nSPS) is 19.8. The Morgan fingerprint density at radius 3 is 2.69 bits per heavy atom. The number of nitrogens with zero attached hydrogens (tertiary/aromatic N) is 2. The summed E-state index contributed by atoms with van der Waals surface area (Å²) in [6.45, 7) is 6.67. The Hall–Kier alpha value is -2.70. The van der Waals surface area contributed by atoms with Gasteiger partial charge in [-0.25, -0.2) is 4.39 Å². The van der Waals surface area contributed by atoms with Crippen LogP contribution in [0.5, 0.6) is 0 Å².